The third-order valence-corrected chi connectivity index (χ3v) is 4.34. The molecule has 0 radical (unpaired) electrons. The summed E-state index contributed by atoms with van der Waals surface area (Å²) in [5.74, 6) is -1.52. The van der Waals surface area contributed by atoms with Gasteiger partial charge in [-0.15, -0.1) is 0 Å². The van der Waals surface area contributed by atoms with E-state index in [2.05, 4.69) is 5.32 Å². The Morgan fingerprint density at radius 3 is 2.03 bits per heavy atom. The number of carbonyl (C=O) groups excluding carboxylic acids is 2. The second-order valence-electron chi connectivity index (χ2n) is 7.29. The average Bonchev–Trinajstić information content (AvgIpc) is 2.77. The SMILES string of the molecule is CC(C)C(NC(=O)OCc1ccccc1)C(=O)O.CCOC(=O)CC(N)c1ccccc1. The van der Waals surface area contributed by atoms with Crippen LogP contribution in [0.4, 0.5) is 4.79 Å². The Bertz CT molecular complexity index is 827. The molecule has 0 aliphatic heterocycles. The number of esters is 1. The predicted molar refractivity (Wildman–Crippen MR) is 121 cm³/mol. The molecule has 2 atom stereocenters. The number of ether oxygens (including phenoxy) is 2. The number of benzene rings is 2. The summed E-state index contributed by atoms with van der Waals surface area (Å²) >= 11 is 0. The molecule has 0 aliphatic carbocycles. The maximum atomic E-state index is 11.4. The second kappa shape index (κ2) is 14.6. The summed E-state index contributed by atoms with van der Waals surface area (Å²) in [6, 6.07) is 17.5. The van der Waals surface area contributed by atoms with E-state index < -0.39 is 18.1 Å². The van der Waals surface area contributed by atoms with E-state index in [1.165, 1.54) is 0 Å². The van der Waals surface area contributed by atoms with Gasteiger partial charge in [-0.25, -0.2) is 9.59 Å². The summed E-state index contributed by atoms with van der Waals surface area (Å²) in [5, 5.41) is 11.2. The molecule has 174 valence electrons. The summed E-state index contributed by atoms with van der Waals surface area (Å²) in [7, 11) is 0. The molecule has 0 aliphatic rings. The number of amides is 1. The fourth-order valence-corrected chi connectivity index (χ4v) is 2.62. The van der Waals surface area contributed by atoms with Crippen molar-refractivity contribution in [2.45, 2.75) is 45.9 Å². The van der Waals surface area contributed by atoms with Crippen LogP contribution in [0, 0.1) is 5.92 Å². The van der Waals surface area contributed by atoms with Crippen LogP contribution in [0.1, 0.15) is 44.4 Å². The molecule has 1 amide bonds. The maximum absolute atomic E-state index is 11.4. The van der Waals surface area contributed by atoms with Crippen LogP contribution in [0.3, 0.4) is 0 Å². The van der Waals surface area contributed by atoms with Crippen molar-refractivity contribution in [2.24, 2.45) is 11.7 Å². The van der Waals surface area contributed by atoms with Crippen molar-refractivity contribution in [1.29, 1.82) is 0 Å². The average molecular weight is 445 g/mol. The number of aliphatic carboxylic acids is 1. The van der Waals surface area contributed by atoms with E-state index in [4.69, 9.17) is 20.3 Å². The van der Waals surface area contributed by atoms with Gasteiger partial charge >= 0.3 is 18.0 Å². The molecule has 32 heavy (non-hydrogen) atoms. The first kappa shape index (κ1) is 26.6. The highest BCUT2D eigenvalue weighted by Crippen LogP contribution is 2.13. The number of rotatable bonds is 9. The first-order valence-electron chi connectivity index (χ1n) is 10.4. The lowest BCUT2D eigenvalue weighted by Crippen LogP contribution is -2.44. The molecule has 0 saturated heterocycles. The van der Waals surface area contributed by atoms with Gasteiger partial charge in [-0.1, -0.05) is 74.5 Å². The summed E-state index contributed by atoms with van der Waals surface area (Å²) < 4.78 is 9.76. The Labute approximate surface area is 188 Å². The highest BCUT2D eigenvalue weighted by molar-refractivity contribution is 5.80. The van der Waals surface area contributed by atoms with Gasteiger partial charge < -0.3 is 25.6 Å². The number of alkyl carbamates (subject to hydrolysis) is 1. The predicted octanol–water partition coefficient (Wildman–Crippen LogP) is 3.66. The number of hydrogen-bond acceptors (Lipinski definition) is 6. The molecule has 0 fully saturated rings. The highest BCUT2D eigenvalue weighted by atomic mass is 16.5. The van der Waals surface area contributed by atoms with E-state index in [9.17, 15) is 14.4 Å². The largest absolute Gasteiger partial charge is 0.480 e. The zero-order valence-electron chi connectivity index (χ0n) is 18.7. The van der Waals surface area contributed by atoms with Crippen molar-refractivity contribution in [3.8, 4) is 0 Å². The van der Waals surface area contributed by atoms with Gasteiger partial charge in [0, 0.05) is 6.04 Å². The van der Waals surface area contributed by atoms with Crippen LogP contribution < -0.4 is 11.1 Å². The van der Waals surface area contributed by atoms with Crippen LogP contribution in [-0.4, -0.2) is 35.8 Å². The molecular formula is C24H32N2O6. The Morgan fingerprint density at radius 1 is 0.969 bits per heavy atom. The number of carboxylic acids is 1. The van der Waals surface area contributed by atoms with Crippen LogP contribution in [0.2, 0.25) is 0 Å². The smallest absolute Gasteiger partial charge is 0.408 e. The maximum Gasteiger partial charge on any atom is 0.408 e. The van der Waals surface area contributed by atoms with Gasteiger partial charge in [-0.2, -0.15) is 0 Å². The van der Waals surface area contributed by atoms with E-state index in [1.807, 2.05) is 60.7 Å². The molecule has 0 heterocycles. The Kier molecular flexibility index (Phi) is 12.1. The molecule has 8 nitrogen and oxygen atoms in total. The third kappa shape index (κ3) is 10.6. The zero-order chi connectivity index (χ0) is 23.9. The van der Waals surface area contributed by atoms with E-state index in [-0.39, 0.29) is 31.0 Å². The summed E-state index contributed by atoms with van der Waals surface area (Å²) in [4.78, 5) is 33.4. The Morgan fingerprint density at radius 2 is 1.53 bits per heavy atom. The van der Waals surface area contributed by atoms with Crippen LogP contribution >= 0.6 is 0 Å². The van der Waals surface area contributed by atoms with Gasteiger partial charge in [-0.05, 0) is 24.0 Å². The Hall–Kier alpha value is -3.39. The lowest BCUT2D eigenvalue weighted by Gasteiger charge is -2.17. The van der Waals surface area contributed by atoms with Gasteiger partial charge in [0.25, 0.3) is 0 Å². The van der Waals surface area contributed by atoms with Gasteiger partial charge in [-0.3, -0.25) is 4.79 Å². The number of carbonyl (C=O) groups is 3. The summed E-state index contributed by atoms with van der Waals surface area (Å²) in [6.07, 6.45) is -0.488. The molecule has 2 unspecified atom stereocenters. The van der Waals surface area contributed by atoms with E-state index in [0.717, 1.165) is 11.1 Å². The molecule has 0 saturated carbocycles. The van der Waals surface area contributed by atoms with E-state index >= 15 is 0 Å². The van der Waals surface area contributed by atoms with Gasteiger partial charge in [0.05, 0.1) is 13.0 Å². The summed E-state index contributed by atoms with van der Waals surface area (Å²) in [6.45, 7) is 5.75. The molecule has 8 heteroatoms. The van der Waals surface area contributed by atoms with E-state index in [1.54, 1.807) is 20.8 Å². The van der Waals surface area contributed by atoms with Gasteiger partial charge in [0.2, 0.25) is 0 Å². The molecule has 2 aromatic rings. The first-order chi connectivity index (χ1) is 15.2. The normalized spacial score (nSPS) is 12.0. The van der Waals surface area contributed by atoms with Crippen LogP contribution in [-0.2, 0) is 25.7 Å². The molecular weight excluding hydrogens is 412 g/mol. The molecule has 0 bridgehead atoms. The van der Waals surface area contributed by atoms with Crippen molar-refractivity contribution in [3.05, 3.63) is 71.8 Å². The fraction of sp³-hybridized carbons (Fsp3) is 0.375. The number of carboxylic acid groups (broad SMARTS) is 1. The zero-order valence-corrected chi connectivity index (χ0v) is 18.7. The lowest BCUT2D eigenvalue weighted by atomic mass is 10.1. The van der Waals surface area contributed by atoms with Crippen molar-refractivity contribution < 1.29 is 29.0 Å². The minimum Gasteiger partial charge on any atom is -0.480 e. The molecule has 0 aromatic heterocycles. The summed E-state index contributed by atoms with van der Waals surface area (Å²) in [5.41, 5.74) is 7.64. The third-order valence-electron chi connectivity index (χ3n) is 4.34. The lowest BCUT2D eigenvalue weighted by molar-refractivity contribution is -0.143. The van der Waals surface area contributed by atoms with Crippen LogP contribution in [0.5, 0.6) is 0 Å². The molecule has 4 N–H and O–H groups in total. The number of nitrogens with two attached hydrogens (primary N) is 1. The minimum atomic E-state index is -1.07. The number of hydrogen-bond donors (Lipinski definition) is 3. The van der Waals surface area contributed by atoms with Gasteiger partial charge in [0.1, 0.15) is 12.6 Å². The fourth-order valence-electron chi connectivity index (χ4n) is 2.62. The minimum absolute atomic E-state index is 0.122. The standard InChI is InChI=1S/C13H17NO4.C11H15NO2/c1-9(2)11(12(15)16)14-13(17)18-8-10-6-4-3-5-7-10;1-2-14-11(13)8-10(12)9-6-4-3-5-7-9/h3-7,9,11H,8H2,1-2H3,(H,14,17)(H,15,16);3-7,10H,2,8,12H2,1H3. The topological polar surface area (TPSA) is 128 Å². The number of nitrogens with one attached hydrogen (secondary N) is 1. The van der Waals surface area contributed by atoms with Gasteiger partial charge in [0.15, 0.2) is 0 Å². The molecule has 0 spiro atoms. The monoisotopic (exact) mass is 444 g/mol. The molecule has 2 rings (SSSR count). The van der Waals surface area contributed by atoms with Crippen molar-refractivity contribution in [2.75, 3.05) is 6.61 Å². The van der Waals surface area contributed by atoms with Crippen LogP contribution in [0.25, 0.3) is 0 Å². The quantitative estimate of drug-likeness (QED) is 0.504. The second-order valence-corrected chi connectivity index (χ2v) is 7.29. The van der Waals surface area contributed by atoms with Crippen molar-refractivity contribution in [3.63, 3.8) is 0 Å². The highest BCUT2D eigenvalue weighted by Gasteiger charge is 2.23. The van der Waals surface area contributed by atoms with Crippen LogP contribution in [0.15, 0.2) is 60.7 Å². The van der Waals surface area contributed by atoms with Crippen molar-refractivity contribution >= 4 is 18.0 Å². The van der Waals surface area contributed by atoms with E-state index in [0.29, 0.717) is 6.61 Å². The Balaban J connectivity index is 0.000000330. The van der Waals surface area contributed by atoms with Crippen molar-refractivity contribution in [1.82, 2.24) is 5.32 Å². The molecule has 2 aromatic carbocycles. The first-order valence-corrected chi connectivity index (χ1v) is 10.4.